The summed E-state index contributed by atoms with van der Waals surface area (Å²) in [6.07, 6.45) is 0.956. The second kappa shape index (κ2) is 11.2. The zero-order valence-corrected chi connectivity index (χ0v) is 20.1. The van der Waals surface area contributed by atoms with Crippen molar-refractivity contribution in [1.29, 1.82) is 0 Å². The van der Waals surface area contributed by atoms with E-state index in [0.29, 0.717) is 12.0 Å². The van der Waals surface area contributed by atoms with Crippen LogP contribution in [0.4, 0.5) is 17.6 Å². The maximum Gasteiger partial charge on any atom is 0.573 e. The number of nitrogens with zero attached hydrogens (tertiary/aromatic N) is 1. The Hall–Kier alpha value is -3.55. The SMILES string of the molecule is NC1CCC(CC2(N)NC(=NCc3ccccc3OC(F)(F)F)NC=C2C#Cc2ccccc2F)CC1. The van der Waals surface area contributed by atoms with Crippen LogP contribution in [0, 0.1) is 23.6 Å². The molecule has 0 radical (unpaired) electrons. The fourth-order valence-corrected chi connectivity index (χ4v) is 4.55. The lowest BCUT2D eigenvalue weighted by Crippen LogP contribution is -2.63. The Morgan fingerprint density at radius 1 is 1.03 bits per heavy atom. The lowest BCUT2D eigenvalue weighted by molar-refractivity contribution is -0.274. The van der Waals surface area contributed by atoms with Gasteiger partial charge in [-0.25, -0.2) is 9.38 Å². The van der Waals surface area contributed by atoms with Crippen molar-refractivity contribution >= 4 is 5.96 Å². The van der Waals surface area contributed by atoms with Gasteiger partial charge in [0.05, 0.1) is 17.7 Å². The molecule has 10 heteroatoms. The number of rotatable bonds is 5. The number of hydrogen-bond acceptors (Lipinski definition) is 4. The maximum absolute atomic E-state index is 14.1. The van der Waals surface area contributed by atoms with Gasteiger partial charge in [-0.2, -0.15) is 0 Å². The van der Waals surface area contributed by atoms with E-state index in [1.54, 1.807) is 30.5 Å². The molecule has 1 fully saturated rings. The second-order valence-electron chi connectivity index (χ2n) is 9.33. The van der Waals surface area contributed by atoms with Crippen molar-refractivity contribution in [2.75, 3.05) is 0 Å². The van der Waals surface area contributed by atoms with E-state index in [9.17, 15) is 17.6 Å². The van der Waals surface area contributed by atoms with Crippen LogP contribution in [0.25, 0.3) is 0 Å². The number of ether oxygens (including phenoxy) is 1. The number of nitrogens with one attached hydrogen (secondary N) is 2. The van der Waals surface area contributed by atoms with Crippen molar-refractivity contribution < 1.29 is 22.3 Å². The number of alkyl halides is 3. The molecule has 0 bridgehead atoms. The van der Waals surface area contributed by atoms with Crippen molar-refractivity contribution in [1.82, 2.24) is 10.6 Å². The molecule has 1 unspecified atom stereocenters. The molecule has 1 atom stereocenters. The summed E-state index contributed by atoms with van der Waals surface area (Å²) < 4.78 is 56.6. The molecule has 1 saturated carbocycles. The van der Waals surface area contributed by atoms with E-state index in [0.717, 1.165) is 25.7 Å². The van der Waals surface area contributed by atoms with Gasteiger partial charge in [-0.1, -0.05) is 42.2 Å². The molecule has 0 amide bonds. The summed E-state index contributed by atoms with van der Waals surface area (Å²) >= 11 is 0. The van der Waals surface area contributed by atoms with Crippen molar-refractivity contribution in [3.8, 4) is 17.6 Å². The predicted octanol–water partition coefficient (Wildman–Crippen LogP) is 4.27. The Balaban J connectivity index is 1.58. The summed E-state index contributed by atoms with van der Waals surface area (Å²) in [6, 6.07) is 12.2. The Bertz CT molecular complexity index is 1230. The highest BCUT2D eigenvalue weighted by molar-refractivity contribution is 5.84. The number of benzene rings is 2. The van der Waals surface area contributed by atoms with Gasteiger partial charge in [-0.05, 0) is 56.2 Å². The summed E-state index contributed by atoms with van der Waals surface area (Å²) in [5, 5.41) is 6.16. The number of nitrogens with two attached hydrogens (primary N) is 2. The van der Waals surface area contributed by atoms with Crippen LogP contribution in [-0.2, 0) is 6.54 Å². The highest BCUT2D eigenvalue weighted by Gasteiger charge is 2.37. The first-order valence-electron chi connectivity index (χ1n) is 12.1. The summed E-state index contributed by atoms with van der Waals surface area (Å²) in [7, 11) is 0. The Labute approximate surface area is 213 Å². The van der Waals surface area contributed by atoms with Gasteiger partial charge in [0.1, 0.15) is 17.2 Å². The molecule has 6 N–H and O–H groups in total. The fourth-order valence-electron chi connectivity index (χ4n) is 4.55. The molecular formula is C27H29F4N5O. The van der Waals surface area contributed by atoms with Crippen LogP contribution < -0.4 is 26.8 Å². The number of para-hydroxylation sites is 1. The van der Waals surface area contributed by atoms with Crippen LogP contribution in [0.15, 0.2) is 65.3 Å². The third-order valence-corrected chi connectivity index (χ3v) is 6.49. The van der Waals surface area contributed by atoms with E-state index in [1.807, 2.05) is 0 Å². The van der Waals surface area contributed by atoms with Crippen LogP contribution in [0.3, 0.4) is 0 Å². The number of hydrogen-bond donors (Lipinski definition) is 4. The molecule has 2 aliphatic rings. The summed E-state index contributed by atoms with van der Waals surface area (Å²) in [6.45, 7) is -0.0833. The summed E-state index contributed by atoms with van der Waals surface area (Å²) in [4.78, 5) is 4.41. The van der Waals surface area contributed by atoms with Crippen molar-refractivity contribution in [3.05, 3.63) is 77.2 Å². The largest absolute Gasteiger partial charge is 0.573 e. The molecule has 1 aliphatic heterocycles. The van der Waals surface area contributed by atoms with Crippen LogP contribution in [0.1, 0.15) is 43.2 Å². The van der Waals surface area contributed by atoms with E-state index in [1.165, 1.54) is 24.3 Å². The van der Waals surface area contributed by atoms with Crippen LogP contribution in [0.5, 0.6) is 5.75 Å². The van der Waals surface area contributed by atoms with E-state index in [2.05, 4.69) is 32.2 Å². The second-order valence-corrected chi connectivity index (χ2v) is 9.33. The van der Waals surface area contributed by atoms with E-state index >= 15 is 0 Å². The molecule has 0 saturated heterocycles. The first-order valence-corrected chi connectivity index (χ1v) is 12.1. The smallest absolute Gasteiger partial charge is 0.405 e. The quantitative estimate of drug-likeness (QED) is 0.352. The van der Waals surface area contributed by atoms with Gasteiger partial charge in [0.15, 0.2) is 5.96 Å². The van der Waals surface area contributed by atoms with E-state index < -0.39 is 17.8 Å². The zero-order chi connectivity index (χ0) is 26.5. The molecule has 0 aromatic heterocycles. The first kappa shape index (κ1) is 26.5. The average molecular weight is 516 g/mol. The highest BCUT2D eigenvalue weighted by Crippen LogP contribution is 2.32. The lowest BCUT2D eigenvalue weighted by Gasteiger charge is -2.39. The van der Waals surface area contributed by atoms with Gasteiger partial charge in [0.2, 0.25) is 0 Å². The minimum absolute atomic E-state index is 0.0833. The molecular weight excluding hydrogens is 486 g/mol. The fraction of sp³-hybridized carbons (Fsp3) is 0.370. The molecule has 1 aliphatic carbocycles. The maximum atomic E-state index is 14.1. The van der Waals surface area contributed by atoms with E-state index in [4.69, 9.17) is 11.5 Å². The highest BCUT2D eigenvalue weighted by atomic mass is 19.4. The van der Waals surface area contributed by atoms with Crippen molar-refractivity contribution in [2.45, 2.75) is 56.7 Å². The standard InChI is InChI=1S/C27H29F4N5O/c28-23-7-3-1-5-19(23)11-12-21-17-35-25(36-26(21,33)15-18-9-13-22(32)14-10-18)34-16-20-6-2-4-8-24(20)37-27(29,30)31/h1-8,17-18,22H,9-10,13-16,32-33H2,(H2,34,35,36). The number of halogens is 4. The third-order valence-electron chi connectivity index (χ3n) is 6.49. The van der Waals surface area contributed by atoms with Gasteiger partial charge in [-0.15, -0.1) is 13.2 Å². The minimum atomic E-state index is -4.81. The molecule has 0 spiro atoms. The molecule has 4 rings (SSSR count). The molecule has 2 aromatic rings. The van der Waals surface area contributed by atoms with Gasteiger partial charge < -0.3 is 26.8 Å². The Morgan fingerprint density at radius 3 is 2.46 bits per heavy atom. The third kappa shape index (κ3) is 7.24. The molecule has 196 valence electrons. The molecule has 1 heterocycles. The molecule has 6 nitrogen and oxygen atoms in total. The van der Waals surface area contributed by atoms with Gasteiger partial charge in [-0.3, -0.25) is 0 Å². The van der Waals surface area contributed by atoms with Crippen LogP contribution in [0.2, 0.25) is 0 Å². The normalized spacial score (nSPS) is 24.8. The van der Waals surface area contributed by atoms with Crippen LogP contribution in [-0.4, -0.2) is 24.0 Å². The zero-order valence-electron chi connectivity index (χ0n) is 20.1. The first-order chi connectivity index (χ1) is 17.6. The van der Waals surface area contributed by atoms with Crippen molar-refractivity contribution in [3.63, 3.8) is 0 Å². The predicted molar refractivity (Wildman–Crippen MR) is 133 cm³/mol. The number of aliphatic imine (C=N–C) groups is 1. The van der Waals surface area contributed by atoms with Crippen LogP contribution >= 0.6 is 0 Å². The monoisotopic (exact) mass is 515 g/mol. The molecule has 2 aromatic carbocycles. The Kier molecular flexibility index (Phi) is 8.05. The lowest BCUT2D eigenvalue weighted by atomic mass is 9.79. The Morgan fingerprint density at radius 2 is 1.73 bits per heavy atom. The topological polar surface area (TPSA) is 97.7 Å². The molecule has 37 heavy (non-hydrogen) atoms. The number of guanidine groups is 1. The van der Waals surface area contributed by atoms with Crippen molar-refractivity contribution in [2.24, 2.45) is 22.4 Å². The summed E-state index contributed by atoms with van der Waals surface area (Å²) in [5.41, 5.74) is 12.8. The average Bonchev–Trinajstić information content (AvgIpc) is 2.84. The van der Waals surface area contributed by atoms with Gasteiger partial charge in [0, 0.05) is 17.8 Å². The minimum Gasteiger partial charge on any atom is -0.405 e. The van der Waals surface area contributed by atoms with E-state index in [-0.39, 0.29) is 41.3 Å². The summed E-state index contributed by atoms with van der Waals surface area (Å²) in [5.74, 6) is 5.66. The van der Waals surface area contributed by atoms with Gasteiger partial charge >= 0.3 is 6.36 Å². The van der Waals surface area contributed by atoms with Gasteiger partial charge in [0.25, 0.3) is 0 Å².